The number of halogens is 1. The summed E-state index contributed by atoms with van der Waals surface area (Å²) in [4.78, 5) is 16.3. The zero-order valence-electron chi connectivity index (χ0n) is 11.0. The summed E-state index contributed by atoms with van der Waals surface area (Å²) in [6, 6.07) is 10.1. The molecule has 2 rings (SSSR count). The second-order valence-corrected chi connectivity index (χ2v) is 4.22. The molecule has 0 aliphatic heterocycles. The molecular weight excluding hydrogens is 280 g/mol. The molecule has 1 aromatic heterocycles. The number of carbonyl (C=O) groups excluding carboxylic acids is 1. The molecule has 104 valence electrons. The number of benzene rings is 1. The van der Waals surface area contributed by atoms with Gasteiger partial charge in [0.15, 0.2) is 0 Å². The first-order valence-corrected chi connectivity index (χ1v) is 6.18. The number of methoxy groups -OCH3 is 2. The quantitative estimate of drug-likeness (QED) is 0.880. The molecule has 1 N–H and O–H groups in total. The molecule has 20 heavy (non-hydrogen) atoms. The van der Waals surface area contributed by atoms with Crippen molar-refractivity contribution in [1.82, 2.24) is 4.98 Å². The van der Waals surface area contributed by atoms with E-state index in [4.69, 9.17) is 21.1 Å². The monoisotopic (exact) mass is 292 g/mol. The zero-order chi connectivity index (χ0) is 14.5. The van der Waals surface area contributed by atoms with Gasteiger partial charge < -0.3 is 14.8 Å². The smallest absolute Gasteiger partial charge is 0.264 e. The maximum Gasteiger partial charge on any atom is 0.264 e. The van der Waals surface area contributed by atoms with E-state index in [1.165, 1.54) is 14.2 Å². The summed E-state index contributed by atoms with van der Waals surface area (Å²) in [6.07, 6.45) is 0. The number of hydrogen-bond acceptors (Lipinski definition) is 4. The van der Waals surface area contributed by atoms with Gasteiger partial charge in [-0.2, -0.15) is 0 Å². The third-order valence-electron chi connectivity index (χ3n) is 2.61. The first kappa shape index (κ1) is 14.1. The Morgan fingerprint density at radius 3 is 2.25 bits per heavy atom. The first-order valence-electron chi connectivity index (χ1n) is 5.80. The van der Waals surface area contributed by atoms with E-state index >= 15 is 0 Å². The standard InChI is InChI=1S/C14H13ClN2O3/c1-19-9-5-3-6-10(20-2)13(9)14(18)17-12-8-4-7-11(15)16-12/h3-8H,1-2H3,(H,16,17,18). The average Bonchev–Trinajstić information content (AvgIpc) is 2.46. The Morgan fingerprint density at radius 1 is 1.10 bits per heavy atom. The number of ether oxygens (including phenoxy) is 2. The van der Waals surface area contributed by atoms with Crippen molar-refractivity contribution >= 4 is 23.3 Å². The number of nitrogens with one attached hydrogen (secondary N) is 1. The van der Waals surface area contributed by atoms with E-state index in [-0.39, 0.29) is 5.91 Å². The molecule has 1 aromatic carbocycles. The van der Waals surface area contributed by atoms with Gasteiger partial charge in [0.25, 0.3) is 5.91 Å². The molecule has 0 fully saturated rings. The van der Waals surface area contributed by atoms with E-state index in [2.05, 4.69) is 10.3 Å². The Labute approximate surface area is 121 Å². The van der Waals surface area contributed by atoms with Gasteiger partial charge in [0.1, 0.15) is 28.0 Å². The SMILES string of the molecule is COc1cccc(OC)c1C(=O)Nc1cccc(Cl)n1. The number of amides is 1. The molecule has 1 amide bonds. The van der Waals surface area contributed by atoms with Crippen molar-refractivity contribution in [2.75, 3.05) is 19.5 Å². The molecule has 2 aromatic rings. The fraction of sp³-hybridized carbons (Fsp3) is 0.143. The van der Waals surface area contributed by atoms with E-state index in [0.29, 0.717) is 28.0 Å². The summed E-state index contributed by atoms with van der Waals surface area (Å²) >= 11 is 5.78. The predicted molar refractivity (Wildman–Crippen MR) is 76.7 cm³/mol. The van der Waals surface area contributed by atoms with Gasteiger partial charge in [0.05, 0.1) is 14.2 Å². The Kier molecular flexibility index (Phi) is 4.42. The third kappa shape index (κ3) is 3.00. The average molecular weight is 293 g/mol. The fourth-order valence-electron chi connectivity index (χ4n) is 1.73. The molecule has 0 aliphatic carbocycles. The Morgan fingerprint density at radius 2 is 1.70 bits per heavy atom. The first-order chi connectivity index (χ1) is 9.65. The van der Waals surface area contributed by atoms with E-state index in [1.807, 2.05) is 0 Å². The van der Waals surface area contributed by atoms with Crippen LogP contribution in [0.1, 0.15) is 10.4 Å². The summed E-state index contributed by atoms with van der Waals surface area (Å²) in [7, 11) is 2.98. The Bertz CT molecular complexity index is 609. The Balaban J connectivity index is 2.33. The number of carbonyl (C=O) groups is 1. The largest absolute Gasteiger partial charge is 0.496 e. The van der Waals surface area contributed by atoms with E-state index < -0.39 is 0 Å². The molecule has 0 atom stereocenters. The minimum Gasteiger partial charge on any atom is -0.496 e. The number of rotatable bonds is 4. The number of nitrogens with zero attached hydrogens (tertiary/aromatic N) is 1. The summed E-state index contributed by atoms with van der Waals surface area (Å²) < 4.78 is 10.4. The van der Waals surface area contributed by atoms with Crippen molar-refractivity contribution in [3.63, 3.8) is 0 Å². The minimum absolute atomic E-state index is 0.301. The molecular formula is C14H13ClN2O3. The van der Waals surface area contributed by atoms with Gasteiger partial charge in [-0.15, -0.1) is 0 Å². The lowest BCUT2D eigenvalue weighted by Crippen LogP contribution is -2.15. The van der Waals surface area contributed by atoms with Crippen molar-refractivity contribution in [2.24, 2.45) is 0 Å². The highest BCUT2D eigenvalue weighted by molar-refractivity contribution is 6.29. The predicted octanol–water partition coefficient (Wildman–Crippen LogP) is 3.00. The molecule has 0 spiro atoms. The highest BCUT2D eigenvalue weighted by Gasteiger charge is 2.18. The van der Waals surface area contributed by atoms with Crippen LogP contribution < -0.4 is 14.8 Å². The van der Waals surface area contributed by atoms with Crippen molar-refractivity contribution in [2.45, 2.75) is 0 Å². The lowest BCUT2D eigenvalue weighted by molar-refractivity contribution is 0.102. The number of aromatic nitrogens is 1. The highest BCUT2D eigenvalue weighted by atomic mass is 35.5. The number of hydrogen-bond donors (Lipinski definition) is 1. The maximum absolute atomic E-state index is 12.3. The lowest BCUT2D eigenvalue weighted by Gasteiger charge is -2.12. The van der Waals surface area contributed by atoms with Crippen LogP contribution in [0, 0.1) is 0 Å². The zero-order valence-corrected chi connectivity index (χ0v) is 11.8. The van der Waals surface area contributed by atoms with Crippen LogP contribution in [0.5, 0.6) is 11.5 Å². The molecule has 0 saturated heterocycles. The van der Waals surface area contributed by atoms with Crippen molar-refractivity contribution in [3.05, 3.63) is 47.1 Å². The minimum atomic E-state index is -0.380. The fourth-order valence-corrected chi connectivity index (χ4v) is 1.90. The molecule has 0 bridgehead atoms. The number of pyridine rings is 1. The summed E-state index contributed by atoms with van der Waals surface area (Å²) in [5.41, 5.74) is 0.305. The molecule has 0 saturated carbocycles. The van der Waals surface area contributed by atoms with Gasteiger partial charge in [-0.3, -0.25) is 4.79 Å². The second kappa shape index (κ2) is 6.25. The number of anilines is 1. The summed E-state index contributed by atoms with van der Waals surface area (Å²) in [5.74, 6) is 0.817. The van der Waals surface area contributed by atoms with Gasteiger partial charge in [0, 0.05) is 0 Å². The van der Waals surface area contributed by atoms with Crippen molar-refractivity contribution in [1.29, 1.82) is 0 Å². The van der Waals surface area contributed by atoms with E-state index in [1.54, 1.807) is 36.4 Å². The second-order valence-electron chi connectivity index (χ2n) is 3.84. The maximum atomic E-state index is 12.3. The van der Waals surface area contributed by atoms with Gasteiger partial charge in [-0.05, 0) is 24.3 Å². The molecule has 6 heteroatoms. The molecule has 0 unspecified atom stereocenters. The third-order valence-corrected chi connectivity index (χ3v) is 2.82. The van der Waals surface area contributed by atoms with Crippen LogP contribution in [0.4, 0.5) is 5.82 Å². The van der Waals surface area contributed by atoms with E-state index in [9.17, 15) is 4.79 Å². The van der Waals surface area contributed by atoms with E-state index in [0.717, 1.165) is 0 Å². The van der Waals surface area contributed by atoms with Crippen LogP contribution in [0.25, 0.3) is 0 Å². The molecule has 0 aliphatic rings. The lowest BCUT2D eigenvalue weighted by atomic mass is 10.1. The van der Waals surface area contributed by atoms with Crippen LogP contribution in [0.3, 0.4) is 0 Å². The van der Waals surface area contributed by atoms with Crippen LogP contribution in [0.2, 0.25) is 5.15 Å². The normalized spacial score (nSPS) is 9.95. The molecule has 1 heterocycles. The van der Waals surface area contributed by atoms with Gasteiger partial charge in [0.2, 0.25) is 0 Å². The van der Waals surface area contributed by atoms with Crippen LogP contribution >= 0.6 is 11.6 Å². The highest BCUT2D eigenvalue weighted by Crippen LogP contribution is 2.28. The van der Waals surface area contributed by atoms with Crippen LogP contribution in [0.15, 0.2) is 36.4 Å². The topological polar surface area (TPSA) is 60.5 Å². The summed E-state index contributed by atoms with van der Waals surface area (Å²) in [5, 5.41) is 2.95. The van der Waals surface area contributed by atoms with Gasteiger partial charge >= 0.3 is 0 Å². The Hall–Kier alpha value is -2.27. The van der Waals surface area contributed by atoms with Crippen molar-refractivity contribution in [3.8, 4) is 11.5 Å². The molecule has 5 nitrogen and oxygen atoms in total. The summed E-state index contributed by atoms with van der Waals surface area (Å²) in [6.45, 7) is 0. The van der Waals surface area contributed by atoms with Crippen LogP contribution in [-0.2, 0) is 0 Å². The van der Waals surface area contributed by atoms with Crippen molar-refractivity contribution < 1.29 is 14.3 Å². The van der Waals surface area contributed by atoms with Gasteiger partial charge in [-0.25, -0.2) is 4.98 Å². The molecule has 0 radical (unpaired) electrons. The van der Waals surface area contributed by atoms with Crippen LogP contribution in [-0.4, -0.2) is 25.1 Å². The van der Waals surface area contributed by atoms with Gasteiger partial charge in [-0.1, -0.05) is 23.7 Å².